The third-order valence-electron chi connectivity index (χ3n) is 1.38. The maximum absolute atomic E-state index is 11.2. The average Bonchev–Trinajstić information content (AvgIpc) is 2.29. The van der Waals surface area contributed by atoms with Crippen LogP contribution in [0.2, 0.25) is 0 Å². The second-order valence-corrected chi connectivity index (χ2v) is 5.39. The van der Waals surface area contributed by atoms with Gasteiger partial charge in [-0.2, -0.15) is 0 Å². The number of rotatable bonds is 2. The van der Waals surface area contributed by atoms with Gasteiger partial charge in [0, 0.05) is 0 Å². The summed E-state index contributed by atoms with van der Waals surface area (Å²) in [6, 6.07) is 0. The van der Waals surface area contributed by atoms with E-state index in [9.17, 15) is 4.21 Å². The highest BCUT2D eigenvalue weighted by Gasteiger charge is 2.13. The lowest BCUT2D eigenvalue weighted by Gasteiger charge is -1.94. The highest BCUT2D eigenvalue weighted by molar-refractivity contribution is 7.92. The van der Waals surface area contributed by atoms with Crippen LogP contribution in [0.4, 0.5) is 0 Å². The van der Waals surface area contributed by atoms with Gasteiger partial charge in [0.2, 0.25) is 0 Å². The molecule has 0 radical (unpaired) electrons. The van der Waals surface area contributed by atoms with E-state index < -0.39 is 9.92 Å². The van der Waals surface area contributed by atoms with Crippen LogP contribution in [0.3, 0.4) is 0 Å². The highest BCUT2D eigenvalue weighted by Crippen LogP contribution is 2.22. The van der Waals surface area contributed by atoms with E-state index in [0.717, 1.165) is 11.4 Å². The summed E-state index contributed by atoms with van der Waals surface area (Å²) >= 11 is 1.27. The lowest BCUT2D eigenvalue weighted by Crippen LogP contribution is -2.09. The summed E-state index contributed by atoms with van der Waals surface area (Å²) in [5.74, 6) is 0. The standard InChI is InChI=1S/C6H11N3OS2/c1-3-5-9-4(2)6(11-5)12(7,8)10/h3H2,1-2H3,(H3,7,8,10). The summed E-state index contributed by atoms with van der Waals surface area (Å²) in [5.41, 5.74) is 0.624. The van der Waals surface area contributed by atoms with Gasteiger partial charge in [-0.1, -0.05) is 6.92 Å². The fourth-order valence-corrected chi connectivity index (χ4v) is 2.87. The van der Waals surface area contributed by atoms with E-state index in [2.05, 4.69) is 4.98 Å². The molecule has 0 amide bonds. The molecule has 1 rings (SSSR count). The normalized spacial score (nSPS) is 15.9. The van der Waals surface area contributed by atoms with Gasteiger partial charge < -0.3 is 0 Å². The Morgan fingerprint density at radius 2 is 2.33 bits per heavy atom. The average molecular weight is 205 g/mol. The van der Waals surface area contributed by atoms with Crippen molar-refractivity contribution in [2.45, 2.75) is 24.5 Å². The first-order valence-electron chi connectivity index (χ1n) is 3.48. The van der Waals surface area contributed by atoms with Crippen LogP contribution in [0.1, 0.15) is 17.6 Å². The number of hydrogen-bond donors (Lipinski definition) is 2. The number of hydrogen-bond acceptors (Lipinski definition) is 4. The first-order valence-corrected chi connectivity index (χ1v) is 5.91. The second-order valence-electron chi connectivity index (χ2n) is 2.43. The summed E-state index contributed by atoms with van der Waals surface area (Å²) in [7, 11) is -3.07. The summed E-state index contributed by atoms with van der Waals surface area (Å²) in [5, 5.41) is 6.07. The lowest BCUT2D eigenvalue weighted by atomic mass is 10.5. The van der Waals surface area contributed by atoms with Gasteiger partial charge in [-0.25, -0.2) is 19.1 Å². The molecule has 4 nitrogen and oxygen atoms in total. The third kappa shape index (κ3) is 1.82. The topological polar surface area (TPSA) is 79.8 Å². The Balaban J connectivity index is 3.27. The Bertz CT molecular complexity index is 379. The lowest BCUT2D eigenvalue weighted by molar-refractivity contribution is 0.677. The van der Waals surface area contributed by atoms with E-state index in [1.54, 1.807) is 6.92 Å². The van der Waals surface area contributed by atoms with Gasteiger partial charge in [-0.05, 0) is 13.3 Å². The molecule has 0 saturated carbocycles. The summed E-state index contributed by atoms with van der Waals surface area (Å²) in [6.07, 6.45) is 0.793. The van der Waals surface area contributed by atoms with Gasteiger partial charge in [0.1, 0.15) is 14.1 Å². The van der Waals surface area contributed by atoms with Crippen molar-refractivity contribution >= 4 is 21.3 Å². The fourth-order valence-electron chi connectivity index (χ4n) is 0.869. The molecule has 3 N–H and O–H groups in total. The van der Waals surface area contributed by atoms with Crippen molar-refractivity contribution in [3.05, 3.63) is 10.7 Å². The molecule has 1 heterocycles. The largest absolute Gasteiger partial charge is 0.245 e. The molecule has 1 aromatic rings. The van der Waals surface area contributed by atoms with E-state index in [1.807, 2.05) is 6.92 Å². The smallest absolute Gasteiger partial charge is 0.143 e. The van der Waals surface area contributed by atoms with Crippen molar-refractivity contribution in [3.63, 3.8) is 0 Å². The molecule has 1 unspecified atom stereocenters. The zero-order chi connectivity index (χ0) is 9.35. The van der Waals surface area contributed by atoms with Crippen LogP contribution in [0.5, 0.6) is 0 Å². The molecular formula is C6H11N3OS2. The molecule has 0 aliphatic heterocycles. The molecule has 0 aliphatic carbocycles. The maximum Gasteiger partial charge on any atom is 0.143 e. The summed E-state index contributed by atoms with van der Waals surface area (Å²) < 4.78 is 18.7. The molecule has 0 spiro atoms. The van der Waals surface area contributed by atoms with Crippen molar-refractivity contribution in [1.82, 2.24) is 4.98 Å². The maximum atomic E-state index is 11.2. The molecule has 0 aliphatic rings. The molecule has 0 aromatic carbocycles. The van der Waals surface area contributed by atoms with Crippen molar-refractivity contribution < 1.29 is 4.21 Å². The van der Waals surface area contributed by atoms with Crippen molar-refractivity contribution in [3.8, 4) is 0 Å². The fraction of sp³-hybridized carbons (Fsp3) is 0.500. The van der Waals surface area contributed by atoms with Crippen LogP contribution in [0.25, 0.3) is 0 Å². The molecule has 0 bridgehead atoms. The molecule has 68 valence electrons. The minimum absolute atomic E-state index is 0.402. The highest BCUT2D eigenvalue weighted by atomic mass is 32.2. The van der Waals surface area contributed by atoms with E-state index in [4.69, 9.17) is 9.92 Å². The Kier molecular flexibility index (Phi) is 2.50. The first-order chi connectivity index (χ1) is 5.45. The van der Waals surface area contributed by atoms with Crippen molar-refractivity contribution in [2.24, 2.45) is 5.14 Å². The molecule has 1 atom stereocenters. The minimum atomic E-state index is -3.07. The van der Waals surface area contributed by atoms with Gasteiger partial charge in [0.25, 0.3) is 0 Å². The second kappa shape index (κ2) is 3.12. The van der Waals surface area contributed by atoms with Gasteiger partial charge >= 0.3 is 0 Å². The van der Waals surface area contributed by atoms with Crippen LogP contribution in [0, 0.1) is 11.7 Å². The quantitative estimate of drug-likeness (QED) is 0.763. The minimum Gasteiger partial charge on any atom is -0.245 e. The van der Waals surface area contributed by atoms with Gasteiger partial charge in [0.05, 0.1) is 10.7 Å². The third-order valence-corrected chi connectivity index (χ3v) is 4.31. The Morgan fingerprint density at radius 1 is 1.75 bits per heavy atom. The Labute approximate surface area is 75.9 Å². The molecule has 6 heteroatoms. The number of aryl methyl sites for hydroxylation is 2. The van der Waals surface area contributed by atoms with Crippen LogP contribution in [0.15, 0.2) is 4.21 Å². The zero-order valence-corrected chi connectivity index (χ0v) is 8.59. The van der Waals surface area contributed by atoms with Crippen LogP contribution >= 0.6 is 11.3 Å². The Morgan fingerprint density at radius 3 is 2.58 bits per heavy atom. The molecular weight excluding hydrogens is 194 g/mol. The van der Waals surface area contributed by atoms with E-state index in [1.165, 1.54) is 11.3 Å². The molecule has 0 fully saturated rings. The van der Waals surface area contributed by atoms with E-state index in [-0.39, 0.29) is 0 Å². The zero-order valence-electron chi connectivity index (χ0n) is 6.96. The number of nitrogens with one attached hydrogen (secondary N) is 1. The predicted octanol–water partition coefficient (Wildman–Crippen LogP) is 1.29. The van der Waals surface area contributed by atoms with E-state index in [0.29, 0.717) is 9.90 Å². The molecule has 12 heavy (non-hydrogen) atoms. The van der Waals surface area contributed by atoms with E-state index >= 15 is 0 Å². The number of nitrogens with zero attached hydrogens (tertiary/aromatic N) is 1. The predicted molar refractivity (Wildman–Crippen MR) is 49.5 cm³/mol. The van der Waals surface area contributed by atoms with Crippen molar-refractivity contribution in [2.75, 3.05) is 0 Å². The monoisotopic (exact) mass is 205 g/mol. The van der Waals surface area contributed by atoms with Crippen molar-refractivity contribution in [1.29, 1.82) is 4.78 Å². The Hall–Kier alpha value is -0.460. The van der Waals surface area contributed by atoms with Gasteiger partial charge in [-0.15, -0.1) is 11.3 Å². The summed E-state index contributed by atoms with van der Waals surface area (Å²) in [6.45, 7) is 3.69. The van der Waals surface area contributed by atoms with Gasteiger partial charge in [0.15, 0.2) is 0 Å². The number of thiazole rings is 1. The number of aromatic nitrogens is 1. The van der Waals surface area contributed by atoms with Crippen LogP contribution in [-0.4, -0.2) is 9.19 Å². The molecule has 1 aromatic heterocycles. The van der Waals surface area contributed by atoms with Crippen LogP contribution in [-0.2, 0) is 16.3 Å². The first kappa shape index (κ1) is 9.63. The SMILES string of the molecule is CCc1nc(C)c(S(=N)(N)=O)s1. The van der Waals surface area contributed by atoms with Crippen LogP contribution < -0.4 is 5.14 Å². The number of nitrogens with two attached hydrogens (primary N) is 1. The summed E-state index contributed by atoms with van der Waals surface area (Å²) in [4.78, 5) is 4.13. The molecule has 0 saturated heterocycles. The van der Waals surface area contributed by atoms with Gasteiger partial charge in [-0.3, -0.25) is 0 Å².